The maximum atomic E-state index is 6.43. The van der Waals surface area contributed by atoms with Gasteiger partial charge in [0, 0.05) is 16.5 Å². The number of methoxy groups -OCH3 is 3. The smallest absolute Gasteiger partial charge is 0.164 e. The van der Waals surface area contributed by atoms with E-state index >= 15 is 0 Å². The van der Waals surface area contributed by atoms with Crippen molar-refractivity contribution in [2.24, 2.45) is 5.73 Å². The summed E-state index contributed by atoms with van der Waals surface area (Å²) in [4.78, 5) is 1.17. The Balaban J connectivity index is 2.53. The lowest BCUT2D eigenvalue weighted by Gasteiger charge is -2.18. The van der Waals surface area contributed by atoms with Crippen molar-refractivity contribution in [3.05, 3.63) is 38.0 Å². The summed E-state index contributed by atoms with van der Waals surface area (Å²) < 4.78 is 17.2. The standard InChI is InChI=1S/C15H18BrNO3S/c1-8-9(6-14(16)21-8)15(17)10-5-12(19-3)13(20-4)7-11(10)18-2/h5-7,15H,17H2,1-4H3. The molecule has 114 valence electrons. The molecule has 0 bridgehead atoms. The van der Waals surface area contributed by atoms with E-state index < -0.39 is 0 Å². The molecule has 6 heteroatoms. The minimum Gasteiger partial charge on any atom is -0.496 e. The molecule has 2 aromatic rings. The Bertz CT molecular complexity index is 642. The molecule has 1 atom stereocenters. The predicted octanol–water partition coefficient (Wildman–Crippen LogP) is 3.89. The molecule has 0 fully saturated rings. The third-order valence-electron chi connectivity index (χ3n) is 3.33. The summed E-state index contributed by atoms with van der Waals surface area (Å²) in [6.07, 6.45) is 0. The molecule has 21 heavy (non-hydrogen) atoms. The molecular weight excluding hydrogens is 354 g/mol. The molecule has 4 nitrogen and oxygen atoms in total. The lowest BCUT2D eigenvalue weighted by Crippen LogP contribution is -2.13. The molecule has 0 spiro atoms. The Morgan fingerprint density at radius 3 is 2.00 bits per heavy atom. The van der Waals surface area contributed by atoms with Gasteiger partial charge in [-0.05, 0) is 40.5 Å². The normalized spacial score (nSPS) is 12.1. The number of hydrogen-bond donors (Lipinski definition) is 1. The van der Waals surface area contributed by atoms with Gasteiger partial charge in [-0.3, -0.25) is 0 Å². The van der Waals surface area contributed by atoms with Gasteiger partial charge >= 0.3 is 0 Å². The van der Waals surface area contributed by atoms with Gasteiger partial charge in [0.15, 0.2) is 11.5 Å². The Labute approximate surface area is 137 Å². The van der Waals surface area contributed by atoms with Crippen molar-refractivity contribution in [3.8, 4) is 17.2 Å². The highest BCUT2D eigenvalue weighted by atomic mass is 79.9. The third-order valence-corrected chi connectivity index (χ3v) is 4.90. The first kappa shape index (κ1) is 16.1. The first-order valence-electron chi connectivity index (χ1n) is 6.33. The van der Waals surface area contributed by atoms with Crippen LogP contribution < -0.4 is 19.9 Å². The molecule has 1 heterocycles. The summed E-state index contributed by atoms with van der Waals surface area (Å²) in [5, 5.41) is 0. The number of ether oxygens (including phenoxy) is 3. The van der Waals surface area contributed by atoms with E-state index in [1.54, 1.807) is 38.7 Å². The molecule has 2 rings (SSSR count). The summed E-state index contributed by atoms with van der Waals surface area (Å²) >= 11 is 5.16. The molecule has 0 saturated carbocycles. The second kappa shape index (κ2) is 6.68. The number of nitrogens with two attached hydrogens (primary N) is 1. The number of hydrogen-bond acceptors (Lipinski definition) is 5. The van der Waals surface area contributed by atoms with Gasteiger partial charge in [0.1, 0.15) is 5.75 Å². The summed E-state index contributed by atoms with van der Waals surface area (Å²) in [5.41, 5.74) is 8.36. The van der Waals surface area contributed by atoms with Crippen molar-refractivity contribution in [3.63, 3.8) is 0 Å². The van der Waals surface area contributed by atoms with Crippen molar-refractivity contribution in [1.29, 1.82) is 0 Å². The zero-order valence-corrected chi connectivity index (χ0v) is 14.8. The summed E-state index contributed by atoms with van der Waals surface area (Å²) in [6, 6.07) is 5.42. The van der Waals surface area contributed by atoms with Gasteiger partial charge in [0.2, 0.25) is 0 Å². The highest BCUT2D eigenvalue weighted by Crippen LogP contribution is 2.40. The second-order valence-corrected chi connectivity index (χ2v) is 7.12. The Morgan fingerprint density at radius 1 is 0.952 bits per heavy atom. The van der Waals surface area contributed by atoms with E-state index in [9.17, 15) is 0 Å². The Morgan fingerprint density at radius 2 is 1.52 bits per heavy atom. The fourth-order valence-corrected chi connectivity index (χ4v) is 3.99. The maximum absolute atomic E-state index is 6.43. The first-order valence-corrected chi connectivity index (χ1v) is 7.94. The SMILES string of the molecule is COc1cc(OC)c(C(N)c2cc(Br)sc2C)cc1OC. The van der Waals surface area contributed by atoms with Crippen LogP contribution in [0.4, 0.5) is 0 Å². The van der Waals surface area contributed by atoms with Crippen LogP contribution in [0.3, 0.4) is 0 Å². The molecule has 1 aromatic carbocycles. The molecule has 0 amide bonds. The maximum Gasteiger partial charge on any atom is 0.164 e. The third kappa shape index (κ3) is 3.17. The van der Waals surface area contributed by atoms with Crippen LogP contribution in [0.5, 0.6) is 17.2 Å². The van der Waals surface area contributed by atoms with E-state index in [1.807, 2.05) is 12.1 Å². The monoisotopic (exact) mass is 371 g/mol. The predicted molar refractivity (Wildman–Crippen MR) is 88.9 cm³/mol. The van der Waals surface area contributed by atoms with Gasteiger partial charge in [0.25, 0.3) is 0 Å². The van der Waals surface area contributed by atoms with Crippen LogP contribution in [-0.2, 0) is 0 Å². The Kier molecular flexibility index (Phi) is 5.13. The molecule has 0 aliphatic rings. The number of aryl methyl sites for hydroxylation is 1. The number of thiophene rings is 1. The van der Waals surface area contributed by atoms with Crippen molar-refractivity contribution < 1.29 is 14.2 Å². The summed E-state index contributed by atoms with van der Waals surface area (Å²) in [7, 11) is 4.82. The second-order valence-electron chi connectivity index (χ2n) is 4.49. The molecule has 0 saturated heterocycles. The van der Waals surface area contributed by atoms with Crippen LogP contribution in [0.15, 0.2) is 22.0 Å². The highest BCUT2D eigenvalue weighted by Gasteiger charge is 2.21. The molecule has 1 aromatic heterocycles. The average molecular weight is 372 g/mol. The minimum atomic E-state index is -0.290. The summed E-state index contributed by atoms with van der Waals surface area (Å²) in [6.45, 7) is 2.05. The molecule has 0 aliphatic carbocycles. The highest BCUT2D eigenvalue weighted by molar-refractivity contribution is 9.11. The number of rotatable bonds is 5. The van der Waals surface area contributed by atoms with Crippen LogP contribution in [0, 0.1) is 6.92 Å². The molecule has 0 radical (unpaired) electrons. The fraction of sp³-hybridized carbons (Fsp3) is 0.333. The van der Waals surface area contributed by atoms with Crippen LogP contribution in [0.2, 0.25) is 0 Å². The van der Waals surface area contributed by atoms with Gasteiger partial charge in [0.05, 0.1) is 31.2 Å². The van der Waals surface area contributed by atoms with Crippen LogP contribution in [0.25, 0.3) is 0 Å². The van der Waals surface area contributed by atoms with Crippen molar-refractivity contribution in [2.75, 3.05) is 21.3 Å². The molecule has 2 N–H and O–H groups in total. The van der Waals surface area contributed by atoms with Crippen LogP contribution >= 0.6 is 27.3 Å². The van der Waals surface area contributed by atoms with Crippen molar-refractivity contribution >= 4 is 27.3 Å². The topological polar surface area (TPSA) is 53.7 Å². The lowest BCUT2D eigenvalue weighted by atomic mass is 9.99. The van der Waals surface area contributed by atoms with E-state index in [4.69, 9.17) is 19.9 Å². The minimum absolute atomic E-state index is 0.290. The van der Waals surface area contributed by atoms with Crippen molar-refractivity contribution in [1.82, 2.24) is 0 Å². The largest absolute Gasteiger partial charge is 0.496 e. The lowest BCUT2D eigenvalue weighted by molar-refractivity contribution is 0.347. The van der Waals surface area contributed by atoms with Crippen molar-refractivity contribution in [2.45, 2.75) is 13.0 Å². The van der Waals surface area contributed by atoms with Crippen LogP contribution in [0.1, 0.15) is 22.0 Å². The fourth-order valence-electron chi connectivity index (χ4n) is 2.23. The van der Waals surface area contributed by atoms with E-state index in [1.165, 1.54) is 4.88 Å². The van der Waals surface area contributed by atoms with E-state index in [-0.39, 0.29) is 6.04 Å². The number of halogens is 1. The number of benzene rings is 1. The van der Waals surface area contributed by atoms with Gasteiger partial charge in [-0.15, -0.1) is 11.3 Å². The zero-order chi connectivity index (χ0) is 15.6. The Hall–Kier alpha value is -1.24. The first-order chi connectivity index (χ1) is 10.0. The van der Waals surface area contributed by atoms with Gasteiger partial charge in [-0.25, -0.2) is 0 Å². The summed E-state index contributed by atoms with van der Waals surface area (Å²) in [5.74, 6) is 1.94. The molecule has 0 aliphatic heterocycles. The molecule has 1 unspecified atom stereocenters. The van der Waals surface area contributed by atoms with Gasteiger partial charge in [-0.2, -0.15) is 0 Å². The quantitative estimate of drug-likeness (QED) is 0.865. The van der Waals surface area contributed by atoms with Gasteiger partial charge < -0.3 is 19.9 Å². The molecular formula is C15H18BrNO3S. The van der Waals surface area contributed by atoms with E-state index in [0.717, 1.165) is 14.9 Å². The van der Waals surface area contributed by atoms with Crippen LogP contribution in [-0.4, -0.2) is 21.3 Å². The van der Waals surface area contributed by atoms with Gasteiger partial charge in [-0.1, -0.05) is 0 Å². The van der Waals surface area contributed by atoms with E-state index in [2.05, 4.69) is 22.9 Å². The van der Waals surface area contributed by atoms with E-state index in [0.29, 0.717) is 17.2 Å². The zero-order valence-electron chi connectivity index (χ0n) is 12.4. The average Bonchev–Trinajstić information content (AvgIpc) is 2.83.